The van der Waals surface area contributed by atoms with Crippen LogP contribution in [-0.4, -0.2) is 55.1 Å². The van der Waals surface area contributed by atoms with Gasteiger partial charge in [-0.25, -0.2) is 0 Å². The molecule has 1 aliphatic rings. The van der Waals surface area contributed by atoms with Crippen molar-refractivity contribution >= 4 is 53.0 Å². The molecule has 0 unspecified atom stereocenters. The zero-order valence-corrected chi connectivity index (χ0v) is 19.5. The molecule has 2 N–H and O–H groups in total. The van der Waals surface area contributed by atoms with Crippen molar-refractivity contribution in [3.63, 3.8) is 0 Å². The number of thiophene rings is 1. The monoisotopic (exact) mass is 496 g/mol. The Morgan fingerprint density at radius 2 is 2.16 bits per heavy atom. The smallest absolute Gasteiger partial charge is 0.191 e. The van der Waals surface area contributed by atoms with Gasteiger partial charge in [0.1, 0.15) is 0 Å². The van der Waals surface area contributed by atoms with Crippen molar-refractivity contribution in [3.8, 4) is 0 Å². The van der Waals surface area contributed by atoms with E-state index in [1.54, 1.807) is 11.3 Å². The first-order valence-corrected chi connectivity index (χ1v) is 11.4. The van der Waals surface area contributed by atoms with E-state index in [2.05, 4.69) is 45.5 Å². The van der Waals surface area contributed by atoms with Crippen LogP contribution in [0.3, 0.4) is 0 Å². The minimum Gasteiger partial charge on any atom is -0.357 e. The Labute approximate surface area is 178 Å². The molecule has 1 aromatic heterocycles. The third-order valence-corrected chi connectivity index (χ3v) is 5.71. The van der Waals surface area contributed by atoms with Crippen LogP contribution < -0.4 is 10.6 Å². The quantitative estimate of drug-likeness (QED) is 0.235. The normalized spacial score (nSPS) is 16.5. The average Bonchev–Trinajstić information content (AvgIpc) is 3.09. The van der Waals surface area contributed by atoms with E-state index in [-0.39, 0.29) is 24.0 Å². The molecule has 0 aliphatic carbocycles. The summed E-state index contributed by atoms with van der Waals surface area (Å²) < 4.78 is 0. The highest BCUT2D eigenvalue weighted by atomic mass is 127. The van der Waals surface area contributed by atoms with E-state index in [4.69, 9.17) is 4.99 Å². The SMILES string of the molecule is CCNC(=NCCCCSC)NC1CCN(Cc2ccsc2)CC1.I. The lowest BCUT2D eigenvalue weighted by atomic mass is 10.0. The second kappa shape index (κ2) is 14.1. The number of piperidine rings is 1. The van der Waals surface area contributed by atoms with Gasteiger partial charge >= 0.3 is 0 Å². The van der Waals surface area contributed by atoms with E-state index in [0.717, 1.165) is 25.6 Å². The van der Waals surface area contributed by atoms with Crippen molar-refractivity contribution in [2.24, 2.45) is 4.99 Å². The summed E-state index contributed by atoms with van der Waals surface area (Å²) in [6.07, 6.45) is 6.99. The molecule has 1 fully saturated rings. The Bertz CT molecular complexity index is 460. The van der Waals surface area contributed by atoms with Crippen molar-refractivity contribution in [1.82, 2.24) is 15.5 Å². The minimum atomic E-state index is 0. The maximum atomic E-state index is 4.73. The molecule has 0 spiro atoms. The summed E-state index contributed by atoms with van der Waals surface area (Å²) >= 11 is 3.71. The molecular formula is C18H33IN4S2. The number of nitrogens with one attached hydrogen (secondary N) is 2. The van der Waals surface area contributed by atoms with E-state index in [1.165, 1.54) is 50.1 Å². The molecule has 0 bridgehead atoms. The van der Waals surface area contributed by atoms with E-state index in [9.17, 15) is 0 Å². The molecular weight excluding hydrogens is 463 g/mol. The summed E-state index contributed by atoms with van der Waals surface area (Å²) in [5, 5.41) is 11.5. The number of hydrogen-bond donors (Lipinski definition) is 2. The number of guanidine groups is 1. The van der Waals surface area contributed by atoms with Gasteiger partial charge in [-0.1, -0.05) is 0 Å². The highest BCUT2D eigenvalue weighted by molar-refractivity contribution is 14.0. The lowest BCUT2D eigenvalue weighted by Crippen LogP contribution is -2.48. The van der Waals surface area contributed by atoms with E-state index >= 15 is 0 Å². The molecule has 0 aromatic carbocycles. The first-order chi connectivity index (χ1) is 11.8. The lowest BCUT2D eigenvalue weighted by Gasteiger charge is -2.33. The summed E-state index contributed by atoms with van der Waals surface area (Å²) in [5.41, 5.74) is 1.45. The molecule has 4 nitrogen and oxygen atoms in total. The van der Waals surface area contributed by atoms with Gasteiger partial charge in [-0.05, 0) is 67.0 Å². The number of rotatable bonds is 9. The van der Waals surface area contributed by atoms with Crippen LogP contribution in [0, 0.1) is 0 Å². The standard InChI is InChI=1S/C18H32N4S2.HI/c1-3-19-18(20-9-4-5-12-23-2)21-17-6-10-22(11-7-17)14-16-8-13-24-15-16;/h8,13,15,17H,3-7,9-12,14H2,1-2H3,(H2,19,20,21);1H. The molecule has 0 atom stereocenters. The highest BCUT2D eigenvalue weighted by Gasteiger charge is 2.20. The Morgan fingerprint density at radius 3 is 2.80 bits per heavy atom. The Kier molecular flexibility index (Phi) is 13.0. The molecule has 2 rings (SSSR count). The molecule has 7 heteroatoms. The van der Waals surface area contributed by atoms with Crippen molar-refractivity contribution in [2.45, 2.75) is 45.2 Å². The number of unbranched alkanes of at least 4 members (excludes halogenated alkanes) is 1. The van der Waals surface area contributed by atoms with Crippen LogP contribution in [0.15, 0.2) is 21.8 Å². The zero-order chi connectivity index (χ0) is 17.0. The van der Waals surface area contributed by atoms with Crippen molar-refractivity contribution in [3.05, 3.63) is 22.4 Å². The first kappa shape index (κ1) is 23.0. The van der Waals surface area contributed by atoms with Gasteiger partial charge < -0.3 is 10.6 Å². The van der Waals surface area contributed by atoms with Crippen LogP contribution in [0.4, 0.5) is 0 Å². The van der Waals surface area contributed by atoms with E-state index in [0.29, 0.717) is 6.04 Å². The van der Waals surface area contributed by atoms with Gasteiger partial charge in [0.2, 0.25) is 0 Å². The summed E-state index contributed by atoms with van der Waals surface area (Å²) in [4.78, 5) is 7.29. The second-order valence-corrected chi connectivity index (χ2v) is 8.05. The lowest BCUT2D eigenvalue weighted by molar-refractivity contribution is 0.198. The molecule has 0 amide bonds. The fourth-order valence-electron chi connectivity index (χ4n) is 2.94. The highest BCUT2D eigenvalue weighted by Crippen LogP contribution is 2.15. The van der Waals surface area contributed by atoms with Gasteiger partial charge in [0.25, 0.3) is 0 Å². The fraction of sp³-hybridized carbons (Fsp3) is 0.722. The van der Waals surface area contributed by atoms with Crippen LogP contribution in [-0.2, 0) is 6.54 Å². The van der Waals surface area contributed by atoms with Crippen molar-refractivity contribution in [1.29, 1.82) is 0 Å². The van der Waals surface area contributed by atoms with Crippen LogP contribution in [0.1, 0.15) is 38.2 Å². The van der Waals surface area contributed by atoms with E-state index < -0.39 is 0 Å². The number of nitrogens with zero attached hydrogens (tertiary/aromatic N) is 2. The molecule has 25 heavy (non-hydrogen) atoms. The van der Waals surface area contributed by atoms with Gasteiger partial charge in [0.15, 0.2) is 5.96 Å². The average molecular weight is 497 g/mol. The van der Waals surface area contributed by atoms with Gasteiger partial charge in [0, 0.05) is 38.8 Å². The Morgan fingerprint density at radius 1 is 1.36 bits per heavy atom. The molecule has 0 radical (unpaired) electrons. The predicted molar refractivity (Wildman–Crippen MR) is 125 cm³/mol. The van der Waals surface area contributed by atoms with Crippen molar-refractivity contribution < 1.29 is 0 Å². The third-order valence-electron chi connectivity index (χ3n) is 4.29. The molecule has 144 valence electrons. The fourth-order valence-corrected chi connectivity index (χ4v) is 4.09. The maximum absolute atomic E-state index is 4.73. The zero-order valence-electron chi connectivity index (χ0n) is 15.5. The number of likely N-dealkylation sites (tertiary alicyclic amines) is 1. The predicted octanol–water partition coefficient (Wildman–Crippen LogP) is 4.03. The van der Waals surface area contributed by atoms with Gasteiger partial charge in [-0.15, -0.1) is 24.0 Å². The number of hydrogen-bond acceptors (Lipinski definition) is 4. The molecule has 1 aromatic rings. The number of halogens is 1. The van der Waals surface area contributed by atoms with Crippen molar-refractivity contribution in [2.75, 3.05) is 38.2 Å². The number of aliphatic imine (C=N–C) groups is 1. The van der Waals surface area contributed by atoms with Crippen LogP contribution in [0.2, 0.25) is 0 Å². The topological polar surface area (TPSA) is 39.7 Å². The van der Waals surface area contributed by atoms with Crippen LogP contribution >= 0.6 is 47.1 Å². The first-order valence-electron chi connectivity index (χ1n) is 9.09. The summed E-state index contributed by atoms with van der Waals surface area (Å²) in [7, 11) is 0. The van der Waals surface area contributed by atoms with E-state index in [1.807, 2.05) is 11.8 Å². The Balaban J connectivity index is 0.00000312. The minimum absolute atomic E-state index is 0. The van der Waals surface area contributed by atoms with Crippen LogP contribution in [0.25, 0.3) is 0 Å². The molecule has 2 heterocycles. The summed E-state index contributed by atoms with van der Waals surface area (Å²) in [5.74, 6) is 2.24. The van der Waals surface area contributed by atoms with Gasteiger partial charge in [0.05, 0.1) is 0 Å². The largest absolute Gasteiger partial charge is 0.357 e. The third kappa shape index (κ3) is 9.49. The maximum Gasteiger partial charge on any atom is 0.191 e. The molecule has 1 aliphatic heterocycles. The molecule has 1 saturated heterocycles. The Hall–Kier alpha value is 0.01000. The van der Waals surface area contributed by atoms with Crippen LogP contribution in [0.5, 0.6) is 0 Å². The number of thioether (sulfide) groups is 1. The summed E-state index contributed by atoms with van der Waals surface area (Å²) in [6, 6.07) is 2.79. The van der Waals surface area contributed by atoms with Gasteiger partial charge in [-0.2, -0.15) is 23.1 Å². The molecule has 0 saturated carbocycles. The van der Waals surface area contributed by atoms with Gasteiger partial charge in [-0.3, -0.25) is 9.89 Å². The summed E-state index contributed by atoms with van der Waals surface area (Å²) in [6.45, 7) is 7.41. The second-order valence-electron chi connectivity index (χ2n) is 6.29.